The Bertz CT molecular complexity index is 140. The molecule has 0 amide bonds. The van der Waals surface area contributed by atoms with E-state index in [1.165, 1.54) is 0 Å². The molecule has 0 N–H and O–H groups in total. The second kappa shape index (κ2) is 6.25. The van der Waals surface area contributed by atoms with Gasteiger partial charge in [-0.3, -0.25) is 0 Å². The molecule has 0 saturated heterocycles. The molecule has 0 aliphatic carbocycles. The zero-order valence-corrected chi connectivity index (χ0v) is 10.4. The Hall–Kier alpha value is 0.725. The van der Waals surface area contributed by atoms with Crippen molar-refractivity contribution in [2.24, 2.45) is 0 Å². The summed E-state index contributed by atoms with van der Waals surface area (Å²) in [5.74, 6) is 0.708. The maximum Gasteiger partial charge on any atom is 0.0849 e. The summed E-state index contributed by atoms with van der Waals surface area (Å²) in [6.07, 6.45) is 2.05. The summed E-state index contributed by atoms with van der Waals surface area (Å²) >= 11 is 8.75. The van der Waals surface area contributed by atoms with Crippen molar-refractivity contribution >= 4 is 33.1 Å². The van der Waals surface area contributed by atoms with Crippen LogP contribution in [0.25, 0.3) is 0 Å². The Kier molecular flexibility index (Phi) is 6.60. The van der Waals surface area contributed by atoms with E-state index in [0.717, 1.165) is 12.8 Å². The van der Waals surface area contributed by atoms with Crippen LogP contribution in [-0.2, 0) is 4.74 Å². The number of rotatable bonds is 6. The van der Waals surface area contributed by atoms with Crippen molar-refractivity contribution in [1.29, 1.82) is 0 Å². The van der Waals surface area contributed by atoms with Gasteiger partial charge >= 0.3 is 0 Å². The number of methoxy groups -OCH3 is 1. The van der Waals surface area contributed by atoms with Gasteiger partial charge in [-0.05, 0) is 6.92 Å². The van der Waals surface area contributed by atoms with Crippen LogP contribution in [-0.4, -0.2) is 31.6 Å². The summed E-state index contributed by atoms with van der Waals surface area (Å²) in [7, 11) is 7.65. The summed E-state index contributed by atoms with van der Waals surface area (Å²) in [6.45, 7) is 4.11. The highest BCUT2D eigenvalue weighted by atomic mass is 32.1. The molecule has 0 aliphatic heterocycles. The molecule has 0 heterocycles. The van der Waals surface area contributed by atoms with Gasteiger partial charge in [0.15, 0.2) is 0 Å². The topological polar surface area (TPSA) is 9.23 Å². The smallest absolute Gasteiger partial charge is 0.0849 e. The second-order valence-corrected chi connectivity index (χ2v) is 4.44. The molecule has 3 unspecified atom stereocenters. The molecule has 0 aromatic carbocycles. The van der Waals surface area contributed by atoms with Gasteiger partial charge < -0.3 is 4.74 Å². The summed E-state index contributed by atoms with van der Waals surface area (Å²) in [4.78, 5) is 0. The van der Waals surface area contributed by atoms with Crippen LogP contribution in [0, 0.1) is 0 Å². The van der Waals surface area contributed by atoms with Gasteiger partial charge in [-0.1, -0.05) is 25.6 Å². The van der Waals surface area contributed by atoms with E-state index in [9.17, 15) is 0 Å². The Morgan fingerprint density at radius 2 is 2.08 bits per heavy atom. The molecule has 0 aromatic heterocycles. The molecule has 0 fully saturated rings. The van der Waals surface area contributed by atoms with E-state index >= 15 is 0 Å². The van der Waals surface area contributed by atoms with Crippen LogP contribution in [0.15, 0.2) is 0 Å². The Labute approximate surface area is 94.2 Å². The number of thiol groups is 2. The first-order valence-electron chi connectivity index (χ1n) is 4.61. The first kappa shape index (κ1) is 13.7. The van der Waals surface area contributed by atoms with Gasteiger partial charge in [0.05, 0.1) is 13.4 Å². The average Bonchev–Trinajstić information content (AvgIpc) is 2.16. The fraction of sp³-hybridized carbons (Fsp3) is 1.00. The van der Waals surface area contributed by atoms with Crippen molar-refractivity contribution in [3.63, 3.8) is 0 Å². The minimum atomic E-state index is -0.333. The number of hydrogen-bond acceptors (Lipinski definition) is 3. The van der Waals surface area contributed by atoms with Gasteiger partial charge in [-0.2, -0.15) is 25.3 Å². The van der Waals surface area contributed by atoms with Crippen LogP contribution >= 0.6 is 25.3 Å². The van der Waals surface area contributed by atoms with Crippen LogP contribution in [0.2, 0.25) is 5.82 Å². The van der Waals surface area contributed by atoms with E-state index in [1.807, 2.05) is 6.92 Å². The van der Waals surface area contributed by atoms with E-state index in [-0.39, 0.29) is 16.7 Å². The van der Waals surface area contributed by atoms with Gasteiger partial charge in [0, 0.05) is 18.1 Å². The zero-order valence-electron chi connectivity index (χ0n) is 8.66. The first-order chi connectivity index (χ1) is 6.01. The van der Waals surface area contributed by atoms with Gasteiger partial charge in [-0.15, -0.1) is 0 Å². The first-order valence-corrected chi connectivity index (χ1v) is 5.76. The molecule has 0 bridgehead atoms. The molecule has 1 nitrogen and oxygen atoms in total. The third-order valence-electron chi connectivity index (χ3n) is 2.43. The van der Waals surface area contributed by atoms with Crippen LogP contribution in [0.4, 0.5) is 0 Å². The average molecular weight is 218 g/mol. The Balaban J connectivity index is 4.27. The van der Waals surface area contributed by atoms with E-state index in [1.54, 1.807) is 7.11 Å². The lowest BCUT2D eigenvalue weighted by molar-refractivity contribution is 0.0242. The predicted octanol–water partition coefficient (Wildman–Crippen LogP) is 2.38. The lowest BCUT2D eigenvalue weighted by Crippen LogP contribution is -2.42. The third-order valence-corrected chi connectivity index (χ3v) is 3.99. The summed E-state index contributed by atoms with van der Waals surface area (Å²) in [5, 5.41) is 0.0370. The minimum Gasteiger partial charge on any atom is -0.377 e. The Morgan fingerprint density at radius 1 is 1.54 bits per heavy atom. The van der Waals surface area contributed by atoms with Crippen molar-refractivity contribution < 1.29 is 4.74 Å². The molecule has 4 heteroatoms. The molecule has 0 aromatic rings. The standard InChI is InChI=1S/C9H19BOS2/c1-4-5-7(10)8(13)9(2,6-12)11-3/h7-8,12-13H,4-6H2,1-3H3. The van der Waals surface area contributed by atoms with Crippen molar-refractivity contribution in [3.05, 3.63) is 0 Å². The summed E-state index contributed by atoms with van der Waals surface area (Å²) in [6, 6.07) is 0. The molecular formula is C9H19BOS2. The van der Waals surface area contributed by atoms with Gasteiger partial charge in [0.25, 0.3) is 0 Å². The van der Waals surface area contributed by atoms with Crippen LogP contribution < -0.4 is 0 Å². The molecule has 76 valence electrons. The Morgan fingerprint density at radius 3 is 2.38 bits per heavy atom. The molecule has 0 aliphatic rings. The van der Waals surface area contributed by atoms with Crippen LogP contribution in [0.3, 0.4) is 0 Å². The second-order valence-electron chi connectivity index (χ2n) is 3.57. The minimum absolute atomic E-state index is 0.0370. The lowest BCUT2D eigenvalue weighted by atomic mass is 9.75. The van der Waals surface area contributed by atoms with E-state index in [2.05, 4.69) is 32.2 Å². The molecule has 0 rings (SSSR count). The number of hydrogen-bond donors (Lipinski definition) is 2. The predicted molar refractivity (Wildman–Crippen MR) is 66.5 cm³/mol. The molecule has 2 radical (unpaired) electrons. The summed E-state index contributed by atoms with van der Waals surface area (Å²) in [5.41, 5.74) is -0.333. The van der Waals surface area contributed by atoms with E-state index in [0.29, 0.717) is 5.75 Å². The van der Waals surface area contributed by atoms with Crippen LogP contribution in [0.1, 0.15) is 26.7 Å². The van der Waals surface area contributed by atoms with Gasteiger partial charge in [-0.25, -0.2) is 0 Å². The van der Waals surface area contributed by atoms with Gasteiger partial charge in [0.1, 0.15) is 0 Å². The molecule has 0 spiro atoms. The van der Waals surface area contributed by atoms with Crippen molar-refractivity contribution in [3.8, 4) is 0 Å². The number of ether oxygens (including phenoxy) is 1. The molecule has 0 saturated carbocycles. The quantitative estimate of drug-likeness (QED) is 0.514. The fourth-order valence-corrected chi connectivity index (χ4v) is 2.04. The van der Waals surface area contributed by atoms with Crippen molar-refractivity contribution in [1.82, 2.24) is 0 Å². The highest BCUT2D eigenvalue weighted by molar-refractivity contribution is 7.81. The molecular weight excluding hydrogens is 199 g/mol. The maximum absolute atomic E-state index is 5.97. The lowest BCUT2D eigenvalue weighted by Gasteiger charge is -2.36. The maximum atomic E-state index is 5.97. The highest BCUT2D eigenvalue weighted by Crippen LogP contribution is 2.31. The fourth-order valence-electron chi connectivity index (χ4n) is 1.22. The monoisotopic (exact) mass is 218 g/mol. The molecule has 13 heavy (non-hydrogen) atoms. The van der Waals surface area contributed by atoms with Crippen molar-refractivity contribution in [2.75, 3.05) is 12.9 Å². The zero-order chi connectivity index (χ0) is 10.5. The highest BCUT2D eigenvalue weighted by Gasteiger charge is 2.33. The van der Waals surface area contributed by atoms with Crippen molar-refractivity contribution in [2.45, 2.75) is 43.4 Å². The SMILES string of the molecule is [B]C(CCC)C(S)C(C)(CS)OC. The van der Waals surface area contributed by atoms with Gasteiger partial charge in [0.2, 0.25) is 0 Å². The third kappa shape index (κ3) is 3.76. The normalized spacial score (nSPS) is 20.7. The largest absolute Gasteiger partial charge is 0.377 e. The molecule has 3 atom stereocenters. The van der Waals surface area contributed by atoms with Crippen LogP contribution in [0.5, 0.6) is 0 Å². The summed E-state index contributed by atoms with van der Waals surface area (Å²) < 4.78 is 5.38. The van der Waals surface area contributed by atoms with E-state index in [4.69, 9.17) is 12.6 Å². The van der Waals surface area contributed by atoms with E-state index < -0.39 is 0 Å².